The highest BCUT2D eigenvalue weighted by molar-refractivity contribution is 5.83. The number of piperazine rings is 1. The molecule has 4 nitrogen and oxygen atoms in total. The Kier molecular flexibility index (Phi) is 5.05. The van der Waals surface area contributed by atoms with Gasteiger partial charge in [-0.2, -0.15) is 0 Å². The standard InChI is InChI=1S/C18H24N2O2/c21-12-11-19-7-9-20(10-8-19)14-18(22)17-6-5-15-3-1-2-4-16(15)13-17/h1-6,13,18,21-22H,7-12,14H2. The molecule has 1 unspecified atom stereocenters. The van der Waals surface area contributed by atoms with E-state index in [9.17, 15) is 5.11 Å². The van der Waals surface area contributed by atoms with Gasteiger partial charge in [0.05, 0.1) is 12.7 Å². The highest BCUT2D eigenvalue weighted by atomic mass is 16.3. The first-order valence-electron chi connectivity index (χ1n) is 7.98. The van der Waals surface area contributed by atoms with Gasteiger partial charge in [-0.15, -0.1) is 0 Å². The van der Waals surface area contributed by atoms with E-state index in [0.717, 1.165) is 38.3 Å². The molecule has 118 valence electrons. The molecular formula is C18H24N2O2. The summed E-state index contributed by atoms with van der Waals surface area (Å²) in [4.78, 5) is 4.56. The van der Waals surface area contributed by atoms with Crippen molar-refractivity contribution in [1.82, 2.24) is 9.80 Å². The summed E-state index contributed by atoms with van der Waals surface area (Å²) in [7, 11) is 0. The third kappa shape index (κ3) is 3.65. The molecule has 2 N–H and O–H groups in total. The molecule has 22 heavy (non-hydrogen) atoms. The summed E-state index contributed by atoms with van der Waals surface area (Å²) in [5, 5.41) is 21.9. The highest BCUT2D eigenvalue weighted by Crippen LogP contribution is 2.21. The number of aliphatic hydroxyl groups is 2. The molecule has 1 atom stereocenters. The van der Waals surface area contributed by atoms with Crippen molar-refractivity contribution in [3.8, 4) is 0 Å². The maximum Gasteiger partial charge on any atom is 0.0917 e. The average Bonchev–Trinajstić information content (AvgIpc) is 2.56. The van der Waals surface area contributed by atoms with Crippen LogP contribution in [-0.2, 0) is 0 Å². The van der Waals surface area contributed by atoms with Crippen LogP contribution in [0, 0.1) is 0 Å². The summed E-state index contributed by atoms with van der Waals surface area (Å²) in [6.45, 7) is 5.47. The summed E-state index contributed by atoms with van der Waals surface area (Å²) in [5.74, 6) is 0. The first kappa shape index (κ1) is 15.4. The molecule has 1 aliphatic rings. The Balaban J connectivity index is 1.60. The maximum atomic E-state index is 10.5. The molecule has 1 aliphatic heterocycles. The molecule has 0 saturated carbocycles. The van der Waals surface area contributed by atoms with Crippen LogP contribution in [-0.4, -0.2) is 65.9 Å². The fraction of sp³-hybridized carbons (Fsp3) is 0.444. The second kappa shape index (κ2) is 7.20. The molecular weight excluding hydrogens is 276 g/mol. The number of hydrogen-bond acceptors (Lipinski definition) is 4. The molecule has 1 heterocycles. The van der Waals surface area contributed by atoms with Gasteiger partial charge in [0, 0.05) is 39.3 Å². The monoisotopic (exact) mass is 300 g/mol. The van der Waals surface area contributed by atoms with Gasteiger partial charge >= 0.3 is 0 Å². The Morgan fingerprint density at radius 3 is 2.32 bits per heavy atom. The second-order valence-corrected chi connectivity index (χ2v) is 5.99. The number of benzene rings is 2. The largest absolute Gasteiger partial charge is 0.395 e. The number of hydrogen-bond donors (Lipinski definition) is 2. The number of rotatable bonds is 5. The molecule has 0 aromatic heterocycles. The predicted octanol–water partition coefficient (Wildman–Crippen LogP) is 1.48. The minimum Gasteiger partial charge on any atom is -0.395 e. The Morgan fingerprint density at radius 1 is 0.909 bits per heavy atom. The van der Waals surface area contributed by atoms with Crippen molar-refractivity contribution in [1.29, 1.82) is 0 Å². The van der Waals surface area contributed by atoms with Crippen molar-refractivity contribution in [2.24, 2.45) is 0 Å². The topological polar surface area (TPSA) is 46.9 Å². The lowest BCUT2D eigenvalue weighted by Crippen LogP contribution is -2.48. The molecule has 1 saturated heterocycles. The summed E-state index contributed by atoms with van der Waals surface area (Å²) < 4.78 is 0. The molecule has 3 rings (SSSR count). The van der Waals surface area contributed by atoms with E-state index in [4.69, 9.17) is 5.11 Å². The third-order valence-corrected chi connectivity index (χ3v) is 4.47. The summed E-state index contributed by atoms with van der Waals surface area (Å²) in [6.07, 6.45) is -0.450. The second-order valence-electron chi connectivity index (χ2n) is 5.99. The van der Waals surface area contributed by atoms with Gasteiger partial charge in [-0.05, 0) is 22.4 Å². The van der Waals surface area contributed by atoms with E-state index in [-0.39, 0.29) is 6.61 Å². The summed E-state index contributed by atoms with van der Waals surface area (Å²) in [6, 6.07) is 14.4. The number of aliphatic hydroxyl groups excluding tert-OH is 2. The summed E-state index contributed by atoms with van der Waals surface area (Å²) >= 11 is 0. The van der Waals surface area contributed by atoms with E-state index in [1.807, 2.05) is 18.2 Å². The Bertz CT molecular complexity index is 609. The van der Waals surface area contributed by atoms with Crippen molar-refractivity contribution in [2.45, 2.75) is 6.10 Å². The van der Waals surface area contributed by atoms with Crippen LogP contribution >= 0.6 is 0 Å². The number of fused-ring (bicyclic) bond motifs is 1. The lowest BCUT2D eigenvalue weighted by atomic mass is 10.0. The van der Waals surface area contributed by atoms with E-state index in [1.165, 1.54) is 10.8 Å². The van der Waals surface area contributed by atoms with Crippen molar-refractivity contribution >= 4 is 10.8 Å². The quantitative estimate of drug-likeness (QED) is 0.878. The van der Waals surface area contributed by atoms with Gasteiger partial charge in [0.25, 0.3) is 0 Å². The highest BCUT2D eigenvalue weighted by Gasteiger charge is 2.19. The zero-order chi connectivity index (χ0) is 15.4. The maximum absolute atomic E-state index is 10.5. The first-order valence-corrected chi connectivity index (χ1v) is 7.98. The van der Waals surface area contributed by atoms with Crippen LogP contribution in [0.2, 0.25) is 0 Å². The molecule has 2 aromatic carbocycles. The van der Waals surface area contributed by atoms with Crippen LogP contribution in [0.25, 0.3) is 10.8 Å². The van der Waals surface area contributed by atoms with Gasteiger partial charge in [-0.25, -0.2) is 0 Å². The Labute approximate surface area is 131 Å². The molecule has 0 spiro atoms. The van der Waals surface area contributed by atoms with Crippen LogP contribution in [0.1, 0.15) is 11.7 Å². The van der Waals surface area contributed by atoms with Crippen LogP contribution in [0.5, 0.6) is 0 Å². The first-order chi connectivity index (χ1) is 10.8. The molecule has 0 radical (unpaired) electrons. The van der Waals surface area contributed by atoms with Crippen molar-refractivity contribution in [3.63, 3.8) is 0 Å². The number of nitrogens with zero attached hydrogens (tertiary/aromatic N) is 2. The Hall–Kier alpha value is -1.46. The lowest BCUT2D eigenvalue weighted by molar-refractivity contribution is 0.0661. The molecule has 0 bridgehead atoms. The van der Waals surface area contributed by atoms with E-state index in [0.29, 0.717) is 6.54 Å². The molecule has 0 amide bonds. The fourth-order valence-corrected chi connectivity index (χ4v) is 3.10. The van der Waals surface area contributed by atoms with Crippen LogP contribution in [0.4, 0.5) is 0 Å². The minimum absolute atomic E-state index is 0.222. The van der Waals surface area contributed by atoms with Crippen molar-refractivity contribution in [2.75, 3.05) is 45.9 Å². The zero-order valence-corrected chi connectivity index (χ0v) is 12.9. The average molecular weight is 300 g/mol. The van der Waals surface area contributed by atoms with Gasteiger partial charge in [-0.3, -0.25) is 9.80 Å². The van der Waals surface area contributed by atoms with E-state index in [2.05, 4.69) is 34.1 Å². The van der Waals surface area contributed by atoms with Crippen LogP contribution < -0.4 is 0 Å². The van der Waals surface area contributed by atoms with Gasteiger partial charge < -0.3 is 10.2 Å². The third-order valence-electron chi connectivity index (χ3n) is 4.47. The Morgan fingerprint density at radius 2 is 1.59 bits per heavy atom. The van der Waals surface area contributed by atoms with Gasteiger partial charge in [0.2, 0.25) is 0 Å². The van der Waals surface area contributed by atoms with Gasteiger partial charge in [-0.1, -0.05) is 36.4 Å². The van der Waals surface area contributed by atoms with Crippen LogP contribution in [0.15, 0.2) is 42.5 Å². The van der Waals surface area contributed by atoms with E-state index in [1.54, 1.807) is 0 Å². The normalized spacial score (nSPS) is 18.6. The number of β-amino-alcohol motifs (C(OH)–C–C–N with tert-alkyl or cyclic N) is 2. The van der Waals surface area contributed by atoms with Crippen LogP contribution in [0.3, 0.4) is 0 Å². The van der Waals surface area contributed by atoms with Gasteiger partial charge in [0.15, 0.2) is 0 Å². The predicted molar refractivity (Wildman–Crippen MR) is 88.9 cm³/mol. The fourth-order valence-electron chi connectivity index (χ4n) is 3.10. The zero-order valence-electron chi connectivity index (χ0n) is 12.9. The molecule has 1 fully saturated rings. The lowest BCUT2D eigenvalue weighted by Gasteiger charge is -2.35. The van der Waals surface area contributed by atoms with Crippen molar-refractivity contribution in [3.05, 3.63) is 48.0 Å². The SMILES string of the molecule is OCCN1CCN(CC(O)c2ccc3ccccc3c2)CC1. The van der Waals surface area contributed by atoms with E-state index < -0.39 is 6.10 Å². The molecule has 4 heteroatoms. The smallest absolute Gasteiger partial charge is 0.0917 e. The molecule has 0 aliphatic carbocycles. The van der Waals surface area contributed by atoms with Gasteiger partial charge in [0.1, 0.15) is 0 Å². The van der Waals surface area contributed by atoms with Crippen molar-refractivity contribution < 1.29 is 10.2 Å². The van der Waals surface area contributed by atoms with E-state index >= 15 is 0 Å². The molecule has 2 aromatic rings. The minimum atomic E-state index is -0.450. The summed E-state index contributed by atoms with van der Waals surface area (Å²) in [5.41, 5.74) is 0.983.